The first-order valence-corrected chi connectivity index (χ1v) is 8.99. The first-order chi connectivity index (χ1) is 13.8. The van der Waals surface area contributed by atoms with Gasteiger partial charge in [0.25, 0.3) is 0 Å². The summed E-state index contributed by atoms with van der Waals surface area (Å²) in [5.41, 5.74) is 1.56. The van der Waals surface area contributed by atoms with Crippen molar-refractivity contribution < 1.29 is 18.0 Å². The molecule has 0 fully saturated rings. The standard InChI is InChI=1S/C20H20F3N5O/c1-3-24-19(29)12-17-11-18(27-28(17)16-7-8-25-13(2)9-16)26-15-6-4-5-14(10-15)20(21,22)23/h4-11H,3,12H2,1-2H3,(H,24,29)(H,26,27). The van der Waals surface area contributed by atoms with Crippen molar-refractivity contribution in [3.05, 3.63) is 65.6 Å². The molecule has 9 heteroatoms. The second-order valence-electron chi connectivity index (χ2n) is 6.42. The Bertz CT molecular complexity index is 1010. The number of nitrogens with zero attached hydrogens (tertiary/aromatic N) is 3. The number of hydrogen-bond acceptors (Lipinski definition) is 4. The Morgan fingerprint density at radius 1 is 1.17 bits per heavy atom. The zero-order valence-corrected chi connectivity index (χ0v) is 15.9. The maximum absolute atomic E-state index is 13.0. The van der Waals surface area contributed by atoms with Gasteiger partial charge in [-0.15, -0.1) is 5.10 Å². The van der Waals surface area contributed by atoms with Crippen LogP contribution in [0.3, 0.4) is 0 Å². The van der Waals surface area contributed by atoms with E-state index in [1.807, 2.05) is 19.9 Å². The van der Waals surface area contributed by atoms with Crippen LogP contribution in [0.15, 0.2) is 48.7 Å². The van der Waals surface area contributed by atoms with Gasteiger partial charge in [0.2, 0.25) is 5.91 Å². The number of rotatable bonds is 6. The van der Waals surface area contributed by atoms with Crippen LogP contribution >= 0.6 is 0 Å². The van der Waals surface area contributed by atoms with E-state index >= 15 is 0 Å². The molecule has 0 bridgehead atoms. The molecular weight excluding hydrogens is 383 g/mol. The molecule has 152 valence electrons. The van der Waals surface area contributed by atoms with Crippen LogP contribution in [-0.4, -0.2) is 27.2 Å². The molecule has 1 amide bonds. The summed E-state index contributed by atoms with van der Waals surface area (Å²) in [4.78, 5) is 16.2. The summed E-state index contributed by atoms with van der Waals surface area (Å²) < 4.78 is 40.4. The number of anilines is 2. The fourth-order valence-corrected chi connectivity index (χ4v) is 2.84. The van der Waals surface area contributed by atoms with Crippen molar-refractivity contribution in [2.24, 2.45) is 0 Å². The number of nitrogens with one attached hydrogen (secondary N) is 2. The van der Waals surface area contributed by atoms with Crippen LogP contribution in [-0.2, 0) is 17.4 Å². The Hall–Kier alpha value is -3.36. The maximum Gasteiger partial charge on any atom is 0.416 e. The van der Waals surface area contributed by atoms with Crippen LogP contribution in [0, 0.1) is 6.92 Å². The molecular formula is C20H20F3N5O. The summed E-state index contributed by atoms with van der Waals surface area (Å²) in [6, 6.07) is 10.1. The highest BCUT2D eigenvalue weighted by atomic mass is 19.4. The zero-order valence-electron chi connectivity index (χ0n) is 15.9. The highest BCUT2D eigenvalue weighted by Crippen LogP contribution is 2.31. The smallest absolute Gasteiger partial charge is 0.356 e. The van der Waals surface area contributed by atoms with E-state index in [1.54, 1.807) is 23.0 Å². The highest BCUT2D eigenvalue weighted by Gasteiger charge is 2.30. The predicted molar refractivity (Wildman–Crippen MR) is 103 cm³/mol. The van der Waals surface area contributed by atoms with Crippen molar-refractivity contribution in [3.8, 4) is 5.69 Å². The van der Waals surface area contributed by atoms with E-state index in [4.69, 9.17) is 0 Å². The van der Waals surface area contributed by atoms with Gasteiger partial charge in [-0.3, -0.25) is 9.78 Å². The minimum atomic E-state index is -4.44. The number of pyridine rings is 1. The molecule has 1 aromatic carbocycles. The Labute approximate surface area is 165 Å². The number of aromatic nitrogens is 3. The first kappa shape index (κ1) is 20.4. The topological polar surface area (TPSA) is 71.8 Å². The SMILES string of the molecule is CCNC(=O)Cc1cc(Nc2cccc(C(F)(F)F)c2)nn1-c1ccnc(C)c1. The third-order valence-electron chi connectivity index (χ3n) is 4.09. The summed E-state index contributed by atoms with van der Waals surface area (Å²) in [6.07, 6.45) is -2.73. The number of amides is 1. The Balaban J connectivity index is 1.95. The molecule has 2 N–H and O–H groups in total. The van der Waals surface area contributed by atoms with Crippen LogP contribution in [0.2, 0.25) is 0 Å². The van der Waals surface area contributed by atoms with Crippen molar-refractivity contribution in [1.29, 1.82) is 0 Å². The highest BCUT2D eigenvalue weighted by molar-refractivity contribution is 5.78. The molecule has 0 spiro atoms. The van der Waals surface area contributed by atoms with Crippen LogP contribution in [0.25, 0.3) is 5.69 Å². The lowest BCUT2D eigenvalue weighted by atomic mass is 10.2. The molecule has 0 aliphatic heterocycles. The molecule has 6 nitrogen and oxygen atoms in total. The minimum Gasteiger partial charge on any atom is -0.356 e. The lowest BCUT2D eigenvalue weighted by Crippen LogP contribution is -2.25. The van der Waals surface area contributed by atoms with E-state index < -0.39 is 11.7 Å². The summed E-state index contributed by atoms with van der Waals surface area (Å²) in [5, 5.41) is 10.1. The van der Waals surface area contributed by atoms with Gasteiger partial charge in [0.1, 0.15) is 0 Å². The molecule has 0 radical (unpaired) electrons. The molecule has 0 aliphatic carbocycles. The molecule has 0 unspecified atom stereocenters. The fourth-order valence-electron chi connectivity index (χ4n) is 2.84. The van der Waals surface area contributed by atoms with Crippen LogP contribution in [0.4, 0.5) is 24.7 Å². The third-order valence-corrected chi connectivity index (χ3v) is 4.09. The second kappa shape index (κ2) is 8.34. The number of carbonyl (C=O) groups is 1. The average Bonchev–Trinajstić information content (AvgIpc) is 3.03. The molecule has 0 saturated carbocycles. The van der Waals surface area contributed by atoms with Crippen molar-refractivity contribution in [2.45, 2.75) is 26.4 Å². The summed E-state index contributed by atoms with van der Waals surface area (Å²) in [5.74, 6) is 0.156. The second-order valence-corrected chi connectivity index (χ2v) is 6.42. The van der Waals surface area contributed by atoms with Gasteiger partial charge in [-0.1, -0.05) is 6.07 Å². The summed E-state index contributed by atoms with van der Waals surface area (Å²) in [7, 11) is 0. The quantitative estimate of drug-likeness (QED) is 0.652. The van der Waals surface area contributed by atoms with Gasteiger partial charge in [0.15, 0.2) is 5.82 Å². The average molecular weight is 403 g/mol. The number of likely N-dealkylation sites (N-methyl/N-ethyl adjacent to an activating group) is 1. The largest absolute Gasteiger partial charge is 0.416 e. The Morgan fingerprint density at radius 2 is 1.97 bits per heavy atom. The van der Waals surface area contributed by atoms with E-state index in [0.29, 0.717) is 23.7 Å². The van der Waals surface area contributed by atoms with Gasteiger partial charge >= 0.3 is 6.18 Å². The third kappa shape index (κ3) is 5.13. The number of hydrogen-bond donors (Lipinski definition) is 2. The number of carbonyl (C=O) groups excluding carboxylic acids is 1. The van der Waals surface area contributed by atoms with Gasteiger partial charge < -0.3 is 10.6 Å². The molecule has 0 saturated heterocycles. The lowest BCUT2D eigenvalue weighted by Gasteiger charge is -2.09. The van der Waals surface area contributed by atoms with Gasteiger partial charge in [-0.05, 0) is 44.2 Å². The van der Waals surface area contributed by atoms with Crippen molar-refractivity contribution in [1.82, 2.24) is 20.1 Å². The minimum absolute atomic E-state index is 0.0759. The predicted octanol–water partition coefficient (Wildman–Crippen LogP) is 4.02. The van der Waals surface area contributed by atoms with Gasteiger partial charge in [-0.25, -0.2) is 4.68 Å². The van der Waals surface area contributed by atoms with E-state index in [9.17, 15) is 18.0 Å². The zero-order chi connectivity index (χ0) is 21.0. The number of aryl methyl sites for hydroxylation is 1. The number of alkyl halides is 3. The molecule has 2 aromatic heterocycles. The van der Waals surface area contributed by atoms with E-state index in [-0.39, 0.29) is 18.0 Å². The molecule has 0 atom stereocenters. The Morgan fingerprint density at radius 3 is 2.66 bits per heavy atom. The number of benzene rings is 1. The van der Waals surface area contributed by atoms with Gasteiger partial charge in [0.05, 0.1) is 23.4 Å². The lowest BCUT2D eigenvalue weighted by molar-refractivity contribution is -0.137. The number of halogens is 3. The van der Waals surface area contributed by atoms with Gasteiger partial charge in [-0.2, -0.15) is 13.2 Å². The summed E-state index contributed by atoms with van der Waals surface area (Å²) in [6.45, 7) is 4.15. The van der Waals surface area contributed by atoms with Crippen LogP contribution < -0.4 is 10.6 Å². The Kier molecular flexibility index (Phi) is 5.86. The normalized spacial score (nSPS) is 11.3. The first-order valence-electron chi connectivity index (χ1n) is 8.99. The molecule has 3 rings (SSSR count). The molecule has 0 aliphatic rings. The summed E-state index contributed by atoms with van der Waals surface area (Å²) >= 11 is 0. The van der Waals surface area contributed by atoms with E-state index in [2.05, 4.69) is 20.7 Å². The van der Waals surface area contributed by atoms with E-state index in [1.165, 1.54) is 12.1 Å². The van der Waals surface area contributed by atoms with Crippen LogP contribution in [0.5, 0.6) is 0 Å². The molecule has 3 aromatic rings. The van der Waals surface area contributed by atoms with Crippen molar-refractivity contribution in [3.63, 3.8) is 0 Å². The van der Waals surface area contributed by atoms with Gasteiger partial charge in [0, 0.05) is 30.2 Å². The molecule has 2 heterocycles. The molecule has 29 heavy (non-hydrogen) atoms. The fraction of sp³-hybridized carbons (Fsp3) is 0.250. The maximum atomic E-state index is 13.0. The van der Waals surface area contributed by atoms with Crippen LogP contribution in [0.1, 0.15) is 23.9 Å². The van der Waals surface area contributed by atoms with Crippen molar-refractivity contribution >= 4 is 17.4 Å². The van der Waals surface area contributed by atoms with E-state index in [0.717, 1.165) is 17.8 Å². The monoisotopic (exact) mass is 403 g/mol. The van der Waals surface area contributed by atoms with Crippen molar-refractivity contribution in [2.75, 3.05) is 11.9 Å².